The van der Waals surface area contributed by atoms with E-state index in [-0.39, 0.29) is 18.7 Å². The maximum atomic E-state index is 11.5. The standard InChI is InChI=1S/C13H23N3O5/c1-3-8-14-12(20)9(2)15-13(21)16-10(17)6-4-5-7-11(18)19/h9H,3-8H2,1-2H3,(H,14,20)(H,18,19)(H2,15,16,17,21). The van der Waals surface area contributed by atoms with Crippen molar-refractivity contribution < 1.29 is 24.3 Å². The van der Waals surface area contributed by atoms with Gasteiger partial charge in [-0.2, -0.15) is 0 Å². The molecule has 4 N–H and O–H groups in total. The number of carbonyl (C=O) groups excluding carboxylic acids is 3. The van der Waals surface area contributed by atoms with Crippen molar-refractivity contribution in [2.75, 3.05) is 6.54 Å². The summed E-state index contributed by atoms with van der Waals surface area (Å²) >= 11 is 0. The highest BCUT2D eigenvalue weighted by Gasteiger charge is 2.16. The van der Waals surface area contributed by atoms with E-state index in [1.54, 1.807) is 0 Å². The Morgan fingerprint density at radius 1 is 1.10 bits per heavy atom. The summed E-state index contributed by atoms with van der Waals surface area (Å²) < 4.78 is 0. The number of rotatable bonds is 9. The first-order chi connectivity index (χ1) is 9.86. The quantitative estimate of drug-likeness (QED) is 0.458. The zero-order valence-electron chi connectivity index (χ0n) is 12.4. The smallest absolute Gasteiger partial charge is 0.322 e. The van der Waals surface area contributed by atoms with Crippen molar-refractivity contribution in [1.29, 1.82) is 0 Å². The molecule has 4 amide bonds. The van der Waals surface area contributed by atoms with Gasteiger partial charge < -0.3 is 15.7 Å². The summed E-state index contributed by atoms with van der Waals surface area (Å²) in [5.74, 6) is -1.74. The van der Waals surface area contributed by atoms with Gasteiger partial charge in [0.25, 0.3) is 0 Å². The van der Waals surface area contributed by atoms with Crippen LogP contribution in [-0.2, 0) is 14.4 Å². The van der Waals surface area contributed by atoms with Crippen LogP contribution < -0.4 is 16.0 Å². The number of urea groups is 1. The number of aliphatic carboxylic acids is 1. The minimum absolute atomic E-state index is 0.00584. The summed E-state index contributed by atoms with van der Waals surface area (Å²) in [6.07, 6.45) is 1.61. The molecule has 0 fully saturated rings. The Kier molecular flexibility index (Phi) is 9.57. The summed E-state index contributed by atoms with van der Waals surface area (Å²) in [5.41, 5.74) is 0. The molecule has 0 saturated carbocycles. The van der Waals surface area contributed by atoms with Gasteiger partial charge in [0.15, 0.2) is 0 Å². The van der Waals surface area contributed by atoms with E-state index in [1.807, 2.05) is 6.92 Å². The minimum atomic E-state index is -0.917. The molecule has 0 aromatic carbocycles. The van der Waals surface area contributed by atoms with Crippen LogP contribution in [0.2, 0.25) is 0 Å². The summed E-state index contributed by atoms with van der Waals surface area (Å²) in [5, 5.41) is 15.5. The van der Waals surface area contributed by atoms with Gasteiger partial charge >= 0.3 is 12.0 Å². The number of hydrogen-bond donors (Lipinski definition) is 4. The zero-order chi connectivity index (χ0) is 16.3. The van der Waals surface area contributed by atoms with Crippen LogP contribution in [0.25, 0.3) is 0 Å². The van der Waals surface area contributed by atoms with Gasteiger partial charge in [0.05, 0.1) is 0 Å². The number of nitrogens with one attached hydrogen (secondary N) is 3. The molecule has 0 radical (unpaired) electrons. The molecule has 0 aliphatic carbocycles. The Bertz CT molecular complexity index is 384. The average molecular weight is 301 g/mol. The molecule has 1 unspecified atom stereocenters. The predicted octanol–water partition coefficient (Wildman–Crippen LogP) is 0.372. The molecule has 0 spiro atoms. The highest BCUT2D eigenvalue weighted by molar-refractivity contribution is 5.96. The van der Waals surface area contributed by atoms with Crippen LogP contribution in [-0.4, -0.2) is 41.5 Å². The Morgan fingerprint density at radius 3 is 2.29 bits per heavy atom. The number of carboxylic acids is 1. The van der Waals surface area contributed by atoms with Gasteiger partial charge in [-0.3, -0.25) is 19.7 Å². The number of imide groups is 1. The SMILES string of the molecule is CCCNC(=O)C(C)NC(=O)NC(=O)CCCCC(=O)O. The molecular weight excluding hydrogens is 278 g/mol. The first kappa shape index (κ1) is 18.9. The van der Waals surface area contributed by atoms with Gasteiger partial charge in [-0.1, -0.05) is 6.92 Å². The lowest BCUT2D eigenvalue weighted by atomic mass is 10.2. The zero-order valence-corrected chi connectivity index (χ0v) is 12.4. The van der Waals surface area contributed by atoms with Gasteiger partial charge in [0.1, 0.15) is 6.04 Å². The second-order valence-corrected chi connectivity index (χ2v) is 4.64. The largest absolute Gasteiger partial charge is 0.481 e. The highest BCUT2D eigenvalue weighted by Crippen LogP contribution is 1.99. The molecule has 0 aliphatic heterocycles. The second kappa shape index (κ2) is 10.6. The second-order valence-electron chi connectivity index (χ2n) is 4.64. The summed E-state index contributed by atoms with van der Waals surface area (Å²) in [7, 11) is 0. The number of hydrogen-bond acceptors (Lipinski definition) is 4. The molecule has 0 heterocycles. The molecule has 0 saturated heterocycles. The Labute approximate surface area is 123 Å². The van der Waals surface area contributed by atoms with Crippen LogP contribution in [0.3, 0.4) is 0 Å². The fraction of sp³-hybridized carbons (Fsp3) is 0.692. The number of carboxylic acid groups (broad SMARTS) is 1. The normalized spacial score (nSPS) is 11.3. The predicted molar refractivity (Wildman–Crippen MR) is 75.5 cm³/mol. The summed E-state index contributed by atoms with van der Waals surface area (Å²) in [6, 6.07) is -1.48. The minimum Gasteiger partial charge on any atom is -0.481 e. The van der Waals surface area contributed by atoms with Crippen LogP contribution in [0.1, 0.15) is 46.0 Å². The molecule has 8 nitrogen and oxygen atoms in total. The van der Waals surface area contributed by atoms with E-state index >= 15 is 0 Å². The van der Waals surface area contributed by atoms with Crippen molar-refractivity contribution in [3.63, 3.8) is 0 Å². The first-order valence-electron chi connectivity index (χ1n) is 6.96. The summed E-state index contributed by atoms with van der Waals surface area (Å²) in [6.45, 7) is 3.95. The van der Waals surface area contributed by atoms with Crippen molar-refractivity contribution in [2.45, 2.75) is 52.0 Å². The first-order valence-corrected chi connectivity index (χ1v) is 6.96. The lowest BCUT2D eigenvalue weighted by molar-refractivity contribution is -0.137. The fourth-order valence-electron chi connectivity index (χ4n) is 1.45. The molecule has 0 aromatic heterocycles. The maximum absolute atomic E-state index is 11.5. The van der Waals surface area contributed by atoms with Gasteiger partial charge in [-0.25, -0.2) is 4.79 Å². The molecule has 0 aromatic rings. The van der Waals surface area contributed by atoms with Gasteiger partial charge in [0.2, 0.25) is 11.8 Å². The summed E-state index contributed by atoms with van der Waals surface area (Å²) in [4.78, 5) is 44.7. The van der Waals surface area contributed by atoms with Crippen molar-refractivity contribution in [3.05, 3.63) is 0 Å². The number of unbranched alkanes of at least 4 members (excludes halogenated alkanes) is 1. The lowest BCUT2D eigenvalue weighted by Gasteiger charge is -2.13. The van der Waals surface area contributed by atoms with Gasteiger partial charge in [-0.05, 0) is 26.2 Å². The van der Waals surface area contributed by atoms with E-state index in [9.17, 15) is 19.2 Å². The molecule has 8 heteroatoms. The van der Waals surface area contributed by atoms with Crippen LogP contribution in [0.15, 0.2) is 0 Å². The van der Waals surface area contributed by atoms with Crippen LogP contribution in [0.5, 0.6) is 0 Å². The van der Waals surface area contributed by atoms with Crippen molar-refractivity contribution >= 4 is 23.8 Å². The Balaban J connectivity index is 3.88. The molecule has 21 heavy (non-hydrogen) atoms. The van der Waals surface area contributed by atoms with E-state index in [0.29, 0.717) is 19.4 Å². The lowest BCUT2D eigenvalue weighted by Crippen LogP contribution is -2.49. The third kappa shape index (κ3) is 10.3. The van der Waals surface area contributed by atoms with Crippen molar-refractivity contribution in [1.82, 2.24) is 16.0 Å². The molecule has 0 bridgehead atoms. The van der Waals surface area contributed by atoms with E-state index in [2.05, 4.69) is 16.0 Å². The van der Waals surface area contributed by atoms with E-state index in [0.717, 1.165) is 6.42 Å². The number of amides is 4. The molecule has 1 atom stereocenters. The Hall–Kier alpha value is -2.12. The van der Waals surface area contributed by atoms with E-state index < -0.39 is 23.9 Å². The number of carbonyl (C=O) groups is 4. The Morgan fingerprint density at radius 2 is 1.71 bits per heavy atom. The van der Waals surface area contributed by atoms with Crippen molar-refractivity contribution in [2.24, 2.45) is 0 Å². The molecule has 120 valence electrons. The molecule has 0 rings (SSSR count). The van der Waals surface area contributed by atoms with Crippen molar-refractivity contribution in [3.8, 4) is 0 Å². The highest BCUT2D eigenvalue weighted by atomic mass is 16.4. The van der Waals surface area contributed by atoms with Crippen LogP contribution in [0, 0.1) is 0 Å². The van der Waals surface area contributed by atoms with E-state index in [4.69, 9.17) is 5.11 Å². The maximum Gasteiger partial charge on any atom is 0.322 e. The van der Waals surface area contributed by atoms with Gasteiger partial charge in [0, 0.05) is 19.4 Å². The third-order valence-corrected chi connectivity index (χ3v) is 2.59. The third-order valence-electron chi connectivity index (χ3n) is 2.59. The van der Waals surface area contributed by atoms with Gasteiger partial charge in [-0.15, -0.1) is 0 Å². The average Bonchev–Trinajstić information content (AvgIpc) is 2.40. The van der Waals surface area contributed by atoms with Crippen LogP contribution >= 0.6 is 0 Å². The van der Waals surface area contributed by atoms with Crippen LogP contribution in [0.4, 0.5) is 4.79 Å². The molecule has 0 aliphatic rings. The molecular formula is C13H23N3O5. The fourth-order valence-corrected chi connectivity index (χ4v) is 1.45. The monoisotopic (exact) mass is 301 g/mol. The van der Waals surface area contributed by atoms with E-state index in [1.165, 1.54) is 6.92 Å². The topological polar surface area (TPSA) is 125 Å².